The Morgan fingerprint density at radius 1 is 1.39 bits per heavy atom. The molecular weight excluding hydrogens is 228 g/mol. The number of nitrogens with zero attached hydrogens (tertiary/aromatic N) is 1. The molecule has 1 aromatic carbocycles. The van der Waals surface area contributed by atoms with Crippen LogP contribution in [0.25, 0.3) is 0 Å². The molecule has 1 heterocycles. The highest BCUT2D eigenvalue weighted by Gasteiger charge is 2.36. The molecule has 0 saturated carbocycles. The summed E-state index contributed by atoms with van der Waals surface area (Å²) in [6, 6.07) is 7.28. The average Bonchev–Trinajstić information content (AvgIpc) is 2.64. The largest absolute Gasteiger partial charge is 0.330 e. The standard InChI is InChI=1S/C14H18N2O2/c1-9-12(8-15)7-14(18)16(9)13-5-3-11(4-6-13)10(2)17/h3-6,9,12H,7-8,15H2,1-2H3. The summed E-state index contributed by atoms with van der Waals surface area (Å²) in [5, 5.41) is 0. The van der Waals surface area contributed by atoms with E-state index in [1.165, 1.54) is 6.92 Å². The normalized spacial score (nSPS) is 23.5. The van der Waals surface area contributed by atoms with Crippen LogP contribution in [0.5, 0.6) is 0 Å². The first kappa shape index (κ1) is 12.8. The van der Waals surface area contributed by atoms with E-state index in [1.807, 2.05) is 19.1 Å². The van der Waals surface area contributed by atoms with Gasteiger partial charge in [-0.3, -0.25) is 9.59 Å². The highest BCUT2D eigenvalue weighted by molar-refractivity contribution is 5.98. The molecule has 18 heavy (non-hydrogen) atoms. The number of benzene rings is 1. The van der Waals surface area contributed by atoms with Crippen LogP contribution in [-0.4, -0.2) is 24.3 Å². The number of hydrogen-bond acceptors (Lipinski definition) is 3. The van der Waals surface area contributed by atoms with Gasteiger partial charge < -0.3 is 10.6 Å². The summed E-state index contributed by atoms with van der Waals surface area (Å²) in [6.07, 6.45) is 0.506. The van der Waals surface area contributed by atoms with Crippen molar-refractivity contribution in [1.29, 1.82) is 0 Å². The molecule has 2 N–H and O–H groups in total. The van der Waals surface area contributed by atoms with Gasteiger partial charge in [-0.25, -0.2) is 0 Å². The molecule has 0 aromatic heterocycles. The van der Waals surface area contributed by atoms with Gasteiger partial charge in [0.25, 0.3) is 0 Å². The molecule has 2 unspecified atom stereocenters. The van der Waals surface area contributed by atoms with Gasteiger partial charge in [0, 0.05) is 29.6 Å². The molecule has 1 saturated heterocycles. The molecule has 0 radical (unpaired) electrons. The van der Waals surface area contributed by atoms with Crippen molar-refractivity contribution in [2.45, 2.75) is 26.3 Å². The van der Waals surface area contributed by atoms with E-state index in [-0.39, 0.29) is 23.7 Å². The number of ketones is 1. The van der Waals surface area contributed by atoms with E-state index >= 15 is 0 Å². The second-order valence-electron chi connectivity index (χ2n) is 4.81. The van der Waals surface area contributed by atoms with Crippen molar-refractivity contribution in [2.75, 3.05) is 11.4 Å². The lowest BCUT2D eigenvalue weighted by Gasteiger charge is -2.24. The summed E-state index contributed by atoms with van der Waals surface area (Å²) in [4.78, 5) is 25.0. The second-order valence-corrected chi connectivity index (χ2v) is 4.81. The third-order valence-electron chi connectivity index (χ3n) is 3.65. The van der Waals surface area contributed by atoms with Gasteiger partial charge in [-0.1, -0.05) is 0 Å². The first-order valence-corrected chi connectivity index (χ1v) is 6.17. The minimum atomic E-state index is 0.0298. The lowest BCUT2D eigenvalue weighted by molar-refractivity contribution is -0.117. The summed E-state index contributed by atoms with van der Waals surface area (Å²) in [5.41, 5.74) is 7.17. The monoisotopic (exact) mass is 246 g/mol. The highest BCUT2D eigenvalue weighted by Crippen LogP contribution is 2.30. The molecular formula is C14H18N2O2. The zero-order valence-corrected chi connectivity index (χ0v) is 10.7. The third-order valence-corrected chi connectivity index (χ3v) is 3.65. The molecule has 1 aliphatic rings. The Hall–Kier alpha value is -1.68. The van der Waals surface area contributed by atoms with E-state index in [4.69, 9.17) is 5.73 Å². The molecule has 0 spiro atoms. The van der Waals surface area contributed by atoms with Crippen LogP contribution in [0.1, 0.15) is 30.6 Å². The first-order valence-electron chi connectivity index (χ1n) is 6.17. The number of anilines is 1. The minimum absolute atomic E-state index is 0.0298. The summed E-state index contributed by atoms with van der Waals surface area (Å²) in [6.45, 7) is 4.07. The molecule has 1 amide bonds. The first-order chi connectivity index (χ1) is 8.54. The van der Waals surface area contributed by atoms with Crippen LogP contribution in [0.2, 0.25) is 0 Å². The molecule has 1 aliphatic heterocycles. The van der Waals surface area contributed by atoms with Gasteiger partial charge in [-0.15, -0.1) is 0 Å². The Balaban J connectivity index is 2.26. The maximum atomic E-state index is 12.0. The number of Topliss-reactive ketones (excluding diaryl/α,β-unsaturated/α-hetero) is 1. The van der Waals surface area contributed by atoms with Gasteiger partial charge >= 0.3 is 0 Å². The van der Waals surface area contributed by atoms with Crippen molar-refractivity contribution in [2.24, 2.45) is 11.7 Å². The van der Waals surface area contributed by atoms with Crippen LogP contribution >= 0.6 is 0 Å². The second kappa shape index (κ2) is 4.90. The van der Waals surface area contributed by atoms with Gasteiger partial charge in [-0.2, -0.15) is 0 Å². The summed E-state index contributed by atoms with van der Waals surface area (Å²) in [7, 11) is 0. The van der Waals surface area contributed by atoms with E-state index in [1.54, 1.807) is 17.0 Å². The van der Waals surface area contributed by atoms with Crippen LogP contribution in [0.3, 0.4) is 0 Å². The SMILES string of the molecule is CC(=O)c1ccc(N2C(=O)CC(CN)C2C)cc1. The number of amides is 1. The fourth-order valence-electron chi connectivity index (χ4n) is 2.45. The van der Waals surface area contributed by atoms with Crippen molar-refractivity contribution < 1.29 is 9.59 Å². The van der Waals surface area contributed by atoms with Crippen molar-refractivity contribution in [3.8, 4) is 0 Å². The topological polar surface area (TPSA) is 63.4 Å². The number of rotatable bonds is 3. The lowest BCUT2D eigenvalue weighted by Crippen LogP contribution is -2.34. The zero-order chi connectivity index (χ0) is 13.3. The zero-order valence-electron chi connectivity index (χ0n) is 10.7. The summed E-state index contributed by atoms with van der Waals surface area (Å²) < 4.78 is 0. The fourth-order valence-corrected chi connectivity index (χ4v) is 2.45. The molecule has 1 fully saturated rings. The van der Waals surface area contributed by atoms with Gasteiger partial charge in [0.05, 0.1) is 0 Å². The molecule has 4 heteroatoms. The van der Waals surface area contributed by atoms with Crippen LogP contribution in [0, 0.1) is 5.92 Å². The van der Waals surface area contributed by atoms with Gasteiger partial charge in [-0.05, 0) is 44.7 Å². The van der Waals surface area contributed by atoms with E-state index in [9.17, 15) is 9.59 Å². The van der Waals surface area contributed by atoms with E-state index in [0.717, 1.165) is 5.69 Å². The third kappa shape index (κ3) is 2.16. The molecule has 2 rings (SSSR count). The predicted octanol–water partition coefficient (Wildman–Crippen LogP) is 1.59. The van der Waals surface area contributed by atoms with E-state index in [0.29, 0.717) is 18.5 Å². The fraction of sp³-hybridized carbons (Fsp3) is 0.429. The maximum absolute atomic E-state index is 12.0. The van der Waals surface area contributed by atoms with Crippen LogP contribution < -0.4 is 10.6 Å². The predicted molar refractivity (Wildman–Crippen MR) is 70.6 cm³/mol. The van der Waals surface area contributed by atoms with Gasteiger partial charge in [0.1, 0.15) is 0 Å². The number of hydrogen-bond donors (Lipinski definition) is 1. The van der Waals surface area contributed by atoms with Crippen LogP contribution in [0.15, 0.2) is 24.3 Å². The molecule has 1 aromatic rings. The van der Waals surface area contributed by atoms with E-state index in [2.05, 4.69) is 0 Å². The summed E-state index contributed by atoms with van der Waals surface area (Å²) in [5.74, 6) is 0.348. The van der Waals surface area contributed by atoms with Crippen molar-refractivity contribution in [1.82, 2.24) is 0 Å². The minimum Gasteiger partial charge on any atom is -0.330 e. The summed E-state index contributed by atoms with van der Waals surface area (Å²) >= 11 is 0. The van der Waals surface area contributed by atoms with Crippen LogP contribution in [-0.2, 0) is 4.79 Å². The number of carbonyl (C=O) groups excluding carboxylic acids is 2. The molecule has 0 aliphatic carbocycles. The maximum Gasteiger partial charge on any atom is 0.227 e. The Kier molecular flexibility index (Phi) is 3.48. The van der Waals surface area contributed by atoms with Crippen molar-refractivity contribution in [3.63, 3.8) is 0 Å². The van der Waals surface area contributed by atoms with Crippen molar-refractivity contribution in [3.05, 3.63) is 29.8 Å². The van der Waals surface area contributed by atoms with Crippen molar-refractivity contribution >= 4 is 17.4 Å². The molecule has 2 atom stereocenters. The Morgan fingerprint density at radius 3 is 2.44 bits per heavy atom. The molecule has 4 nitrogen and oxygen atoms in total. The molecule has 0 bridgehead atoms. The Labute approximate surface area is 107 Å². The Bertz CT molecular complexity index is 467. The highest BCUT2D eigenvalue weighted by atomic mass is 16.2. The lowest BCUT2D eigenvalue weighted by atomic mass is 10.0. The molecule has 96 valence electrons. The number of nitrogens with two attached hydrogens (primary N) is 1. The smallest absolute Gasteiger partial charge is 0.227 e. The quantitative estimate of drug-likeness (QED) is 0.824. The van der Waals surface area contributed by atoms with E-state index < -0.39 is 0 Å². The van der Waals surface area contributed by atoms with Gasteiger partial charge in [0.2, 0.25) is 5.91 Å². The Morgan fingerprint density at radius 2 is 2.00 bits per heavy atom. The van der Waals surface area contributed by atoms with Crippen LogP contribution in [0.4, 0.5) is 5.69 Å². The van der Waals surface area contributed by atoms with Gasteiger partial charge in [0.15, 0.2) is 5.78 Å². The average molecular weight is 246 g/mol. The number of carbonyl (C=O) groups is 2.